The predicted molar refractivity (Wildman–Crippen MR) is 97.8 cm³/mol. The molecule has 2 rings (SSSR count). The van der Waals surface area contributed by atoms with Crippen molar-refractivity contribution in [1.82, 2.24) is 0 Å². The Labute approximate surface area is 150 Å². The monoisotopic (exact) mass is 393 g/mol. The van der Waals surface area contributed by atoms with Crippen molar-refractivity contribution >= 4 is 27.5 Å². The molecule has 1 amide bonds. The summed E-state index contributed by atoms with van der Waals surface area (Å²) in [6.45, 7) is 1.13. The molecule has 24 heavy (non-hydrogen) atoms. The number of carbonyl (C=O) groups is 1. The highest BCUT2D eigenvalue weighted by Crippen LogP contribution is 2.25. The first kappa shape index (κ1) is 18.3. The maximum Gasteiger partial charge on any atom is 0.279 e. The van der Waals surface area contributed by atoms with Crippen molar-refractivity contribution in [2.24, 2.45) is 0 Å². The molecule has 0 aliphatic rings. The molecule has 1 atom stereocenters. The Kier molecular flexibility index (Phi) is 6.63. The van der Waals surface area contributed by atoms with Gasteiger partial charge < -0.3 is 19.7 Å². The zero-order chi connectivity index (χ0) is 17.5. The lowest BCUT2D eigenvalue weighted by Crippen LogP contribution is -3.08. The molecule has 2 N–H and O–H groups in total. The van der Waals surface area contributed by atoms with E-state index in [9.17, 15) is 4.79 Å². The number of anilines is 1. The Bertz CT molecular complexity index is 689. The van der Waals surface area contributed by atoms with E-state index >= 15 is 0 Å². The summed E-state index contributed by atoms with van der Waals surface area (Å²) < 4.78 is 11.2. The number of ether oxygens (including phenoxy) is 2. The largest absolute Gasteiger partial charge is 0.497 e. The number of halogens is 1. The van der Waals surface area contributed by atoms with Crippen molar-refractivity contribution in [2.45, 2.75) is 6.54 Å². The van der Waals surface area contributed by atoms with Crippen LogP contribution in [-0.4, -0.2) is 33.7 Å². The van der Waals surface area contributed by atoms with Crippen LogP contribution < -0.4 is 19.7 Å². The second kappa shape index (κ2) is 8.70. The molecule has 0 aliphatic carbocycles. The molecule has 2 aromatic rings. The van der Waals surface area contributed by atoms with E-state index in [-0.39, 0.29) is 5.91 Å². The van der Waals surface area contributed by atoms with Crippen LogP contribution in [0.3, 0.4) is 0 Å². The fourth-order valence-corrected chi connectivity index (χ4v) is 2.97. The van der Waals surface area contributed by atoms with E-state index in [1.54, 1.807) is 14.2 Å². The van der Waals surface area contributed by atoms with E-state index in [4.69, 9.17) is 9.47 Å². The molecule has 6 heteroatoms. The van der Waals surface area contributed by atoms with Gasteiger partial charge in [-0.25, -0.2) is 0 Å². The van der Waals surface area contributed by atoms with Gasteiger partial charge in [-0.05, 0) is 58.4 Å². The van der Waals surface area contributed by atoms with E-state index in [1.165, 1.54) is 0 Å². The number of rotatable bonds is 7. The minimum atomic E-state index is -0.0229. The van der Waals surface area contributed by atoms with Crippen LogP contribution in [0.1, 0.15) is 5.56 Å². The van der Waals surface area contributed by atoms with Crippen molar-refractivity contribution in [3.05, 3.63) is 52.5 Å². The summed E-state index contributed by atoms with van der Waals surface area (Å²) in [6.07, 6.45) is 0. The van der Waals surface area contributed by atoms with Gasteiger partial charge in [-0.15, -0.1) is 0 Å². The molecule has 0 bridgehead atoms. The molecule has 0 radical (unpaired) electrons. The molecule has 0 heterocycles. The van der Waals surface area contributed by atoms with Gasteiger partial charge in [-0.2, -0.15) is 0 Å². The van der Waals surface area contributed by atoms with Crippen LogP contribution in [0.25, 0.3) is 0 Å². The molecule has 2 aromatic carbocycles. The van der Waals surface area contributed by atoms with Crippen LogP contribution in [0, 0.1) is 0 Å². The quantitative estimate of drug-likeness (QED) is 0.757. The molecule has 128 valence electrons. The van der Waals surface area contributed by atoms with Crippen LogP contribution in [0.5, 0.6) is 11.5 Å². The van der Waals surface area contributed by atoms with Gasteiger partial charge in [0.05, 0.1) is 25.7 Å². The van der Waals surface area contributed by atoms with Crippen LogP contribution in [-0.2, 0) is 11.3 Å². The van der Waals surface area contributed by atoms with Crippen molar-refractivity contribution in [3.63, 3.8) is 0 Å². The van der Waals surface area contributed by atoms with Gasteiger partial charge in [0.25, 0.3) is 5.91 Å². The Morgan fingerprint density at radius 2 is 1.83 bits per heavy atom. The maximum absolute atomic E-state index is 12.1. The number of amides is 1. The fourth-order valence-electron chi connectivity index (χ4n) is 2.38. The Balaban J connectivity index is 1.87. The minimum Gasteiger partial charge on any atom is -0.497 e. The van der Waals surface area contributed by atoms with E-state index in [1.807, 2.05) is 49.5 Å². The minimum absolute atomic E-state index is 0.0229. The average molecular weight is 394 g/mol. The third kappa shape index (κ3) is 5.25. The standard InChI is InChI=1S/C18H21BrN2O3/c1-21(11-13-4-9-17(24-3)16(19)10-13)12-18(22)20-14-5-7-15(23-2)8-6-14/h4-10H,11-12H2,1-3H3,(H,20,22)/p+1. The van der Waals surface area contributed by atoms with Crippen molar-refractivity contribution in [1.29, 1.82) is 0 Å². The van der Waals surface area contributed by atoms with Gasteiger partial charge in [0, 0.05) is 11.3 Å². The number of carbonyl (C=O) groups excluding carboxylic acids is 1. The zero-order valence-electron chi connectivity index (χ0n) is 14.1. The molecule has 1 unspecified atom stereocenters. The van der Waals surface area contributed by atoms with Crippen LogP contribution in [0.2, 0.25) is 0 Å². The summed E-state index contributed by atoms with van der Waals surface area (Å²) in [5.41, 5.74) is 1.90. The predicted octanol–water partition coefficient (Wildman–Crippen LogP) is 2.12. The average Bonchev–Trinajstić information content (AvgIpc) is 2.55. The first-order valence-electron chi connectivity index (χ1n) is 7.59. The lowest BCUT2D eigenvalue weighted by atomic mass is 10.2. The molecule has 0 fully saturated rings. The maximum atomic E-state index is 12.1. The van der Waals surface area contributed by atoms with Gasteiger partial charge in [-0.3, -0.25) is 4.79 Å². The van der Waals surface area contributed by atoms with Crippen LogP contribution in [0.4, 0.5) is 5.69 Å². The molecule has 0 spiro atoms. The van der Waals surface area contributed by atoms with Gasteiger partial charge in [-0.1, -0.05) is 0 Å². The zero-order valence-corrected chi connectivity index (χ0v) is 15.6. The summed E-state index contributed by atoms with van der Waals surface area (Å²) >= 11 is 3.48. The highest BCUT2D eigenvalue weighted by Gasteiger charge is 2.12. The summed E-state index contributed by atoms with van der Waals surface area (Å²) in [7, 11) is 5.25. The van der Waals surface area contributed by atoms with E-state index in [0.717, 1.165) is 38.7 Å². The SMILES string of the molecule is COc1ccc(NC(=O)C[NH+](C)Cc2ccc(OC)c(Br)c2)cc1. The third-order valence-electron chi connectivity index (χ3n) is 3.56. The first-order chi connectivity index (χ1) is 11.5. The van der Waals surface area contributed by atoms with Gasteiger partial charge in [0.15, 0.2) is 6.54 Å². The van der Waals surface area contributed by atoms with Crippen LogP contribution >= 0.6 is 15.9 Å². The topological polar surface area (TPSA) is 52.0 Å². The first-order valence-corrected chi connectivity index (χ1v) is 8.38. The number of nitrogens with one attached hydrogen (secondary N) is 2. The fraction of sp³-hybridized carbons (Fsp3) is 0.278. The Morgan fingerprint density at radius 1 is 1.12 bits per heavy atom. The molecular formula is C18H22BrN2O3+. The number of methoxy groups -OCH3 is 2. The Hall–Kier alpha value is -2.05. The number of hydrogen-bond acceptors (Lipinski definition) is 3. The van der Waals surface area contributed by atoms with Crippen LogP contribution in [0.15, 0.2) is 46.9 Å². The van der Waals surface area contributed by atoms with Gasteiger partial charge >= 0.3 is 0 Å². The Morgan fingerprint density at radius 3 is 2.42 bits per heavy atom. The lowest BCUT2D eigenvalue weighted by molar-refractivity contribution is -0.885. The van der Waals surface area contributed by atoms with E-state index in [0.29, 0.717) is 6.54 Å². The highest BCUT2D eigenvalue weighted by molar-refractivity contribution is 9.10. The number of hydrogen-bond donors (Lipinski definition) is 2. The summed E-state index contributed by atoms with van der Waals surface area (Å²) in [4.78, 5) is 13.2. The lowest BCUT2D eigenvalue weighted by Gasteiger charge is -2.15. The summed E-state index contributed by atoms with van der Waals surface area (Å²) in [5.74, 6) is 1.54. The van der Waals surface area contributed by atoms with Crippen molar-refractivity contribution in [3.8, 4) is 11.5 Å². The number of benzene rings is 2. The third-order valence-corrected chi connectivity index (χ3v) is 4.18. The normalized spacial score (nSPS) is 11.7. The molecule has 5 nitrogen and oxygen atoms in total. The number of quaternary nitrogens is 1. The second-order valence-electron chi connectivity index (χ2n) is 5.56. The molecule has 0 aromatic heterocycles. The second-order valence-corrected chi connectivity index (χ2v) is 6.41. The number of likely N-dealkylation sites (N-methyl/N-ethyl adjacent to an activating group) is 1. The molecule has 0 saturated heterocycles. The highest BCUT2D eigenvalue weighted by atomic mass is 79.9. The molecular weight excluding hydrogens is 372 g/mol. The summed E-state index contributed by atoms with van der Waals surface area (Å²) in [6, 6.07) is 13.2. The van der Waals surface area contributed by atoms with E-state index < -0.39 is 0 Å². The van der Waals surface area contributed by atoms with Crippen molar-refractivity contribution in [2.75, 3.05) is 33.1 Å². The van der Waals surface area contributed by atoms with Crippen molar-refractivity contribution < 1.29 is 19.2 Å². The van der Waals surface area contributed by atoms with Gasteiger partial charge in [0.1, 0.15) is 18.0 Å². The summed E-state index contributed by atoms with van der Waals surface area (Å²) in [5, 5.41) is 2.89. The molecule has 0 aliphatic heterocycles. The van der Waals surface area contributed by atoms with E-state index in [2.05, 4.69) is 21.2 Å². The smallest absolute Gasteiger partial charge is 0.279 e. The molecule has 0 saturated carbocycles. The van der Waals surface area contributed by atoms with Gasteiger partial charge in [0.2, 0.25) is 0 Å².